The maximum Gasteiger partial charge on any atom is 0.573 e. The number of ether oxygens (including phenoxy) is 1. The number of benzene rings is 1. The van der Waals surface area contributed by atoms with Crippen LogP contribution >= 0.6 is 0 Å². The molecule has 5 heteroatoms. The van der Waals surface area contributed by atoms with Crippen LogP contribution in [0.5, 0.6) is 5.75 Å². The Morgan fingerprint density at radius 2 is 2.00 bits per heavy atom. The fourth-order valence-corrected chi connectivity index (χ4v) is 2.86. The molecule has 0 saturated heterocycles. The smallest absolute Gasteiger partial charge is 0.404 e. The third-order valence-electron chi connectivity index (χ3n) is 3.80. The van der Waals surface area contributed by atoms with Crippen LogP contribution < -0.4 is 10.1 Å². The predicted molar refractivity (Wildman–Crippen MR) is 68.4 cm³/mol. The van der Waals surface area contributed by atoms with Gasteiger partial charge in [-0.3, -0.25) is 0 Å². The summed E-state index contributed by atoms with van der Waals surface area (Å²) in [6, 6.07) is 4.87. The van der Waals surface area contributed by atoms with Gasteiger partial charge < -0.3 is 10.1 Å². The average Bonchev–Trinajstić information content (AvgIpc) is 2.74. The maximum atomic E-state index is 12.3. The molecule has 1 aliphatic rings. The van der Waals surface area contributed by atoms with Gasteiger partial charge in [0.15, 0.2) is 5.75 Å². The van der Waals surface area contributed by atoms with Crippen molar-refractivity contribution in [1.82, 2.24) is 0 Å². The number of halogens is 3. The molecule has 0 fully saturated rings. The van der Waals surface area contributed by atoms with Gasteiger partial charge in [-0.2, -0.15) is 0 Å². The fraction of sp³-hybridized carbons (Fsp3) is 0.571. The summed E-state index contributed by atoms with van der Waals surface area (Å²) in [5.41, 5.74) is 1.44. The summed E-state index contributed by atoms with van der Waals surface area (Å²) in [7, 11) is 0. The standard InChI is InChI=1S/C14H18F3NO/c1-3-9(4-2)11-8-18-13-10(11)6-5-7-12(13)19-14(15,16)17/h5-7,9,11,18H,3-4,8H2,1-2H3. The molecular formula is C14H18F3NO. The van der Waals surface area contributed by atoms with Gasteiger partial charge in [0.25, 0.3) is 0 Å². The van der Waals surface area contributed by atoms with Crippen LogP contribution in [0.4, 0.5) is 18.9 Å². The van der Waals surface area contributed by atoms with Crippen molar-refractivity contribution in [2.45, 2.75) is 39.0 Å². The van der Waals surface area contributed by atoms with Gasteiger partial charge in [-0.25, -0.2) is 0 Å². The highest BCUT2D eigenvalue weighted by Gasteiger charge is 2.35. The molecule has 1 N–H and O–H groups in total. The Kier molecular flexibility index (Phi) is 3.92. The molecule has 1 heterocycles. The lowest BCUT2D eigenvalue weighted by molar-refractivity contribution is -0.274. The normalized spacial score (nSPS) is 18.3. The second kappa shape index (κ2) is 5.31. The number of rotatable bonds is 4. The number of alkyl halides is 3. The van der Waals surface area contributed by atoms with Gasteiger partial charge in [-0.15, -0.1) is 13.2 Å². The van der Waals surface area contributed by atoms with Crippen LogP contribution in [-0.4, -0.2) is 12.9 Å². The van der Waals surface area contributed by atoms with Crippen molar-refractivity contribution in [1.29, 1.82) is 0 Å². The molecule has 2 nitrogen and oxygen atoms in total. The molecule has 1 aromatic carbocycles. The Balaban J connectivity index is 2.30. The quantitative estimate of drug-likeness (QED) is 0.870. The van der Waals surface area contributed by atoms with Crippen molar-refractivity contribution in [3.8, 4) is 5.75 Å². The first-order valence-electron chi connectivity index (χ1n) is 6.58. The van der Waals surface area contributed by atoms with Crippen LogP contribution in [0.3, 0.4) is 0 Å². The van der Waals surface area contributed by atoms with Gasteiger partial charge in [0.1, 0.15) is 0 Å². The monoisotopic (exact) mass is 273 g/mol. The summed E-state index contributed by atoms with van der Waals surface area (Å²) in [6.07, 6.45) is -2.61. The van der Waals surface area contributed by atoms with Gasteiger partial charge in [-0.05, 0) is 17.5 Å². The van der Waals surface area contributed by atoms with Gasteiger partial charge >= 0.3 is 6.36 Å². The third kappa shape index (κ3) is 2.96. The largest absolute Gasteiger partial charge is 0.573 e. The van der Waals surface area contributed by atoms with Crippen LogP contribution in [0.25, 0.3) is 0 Å². The molecule has 0 aromatic heterocycles. The fourth-order valence-electron chi connectivity index (χ4n) is 2.86. The van der Waals surface area contributed by atoms with E-state index in [0.717, 1.165) is 18.4 Å². The maximum absolute atomic E-state index is 12.3. The lowest BCUT2D eigenvalue weighted by Crippen LogP contribution is -2.17. The highest BCUT2D eigenvalue weighted by atomic mass is 19.4. The van der Waals surface area contributed by atoms with E-state index >= 15 is 0 Å². The molecule has 1 unspecified atom stereocenters. The van der Waals surface area contributed by atoms with Crippen molar-refractivity contribution in [2.75, 3.05) is 11.9 Å². The molecule has 1 aliphatic heterocycles. The zero-order valence-corrected chi connectivity index (χ0v) is 11.1. The molecule has 0 radical (unpaired) electrons. The number of para-hydroxylation sites is 1. The number of hydrogen-bond donors (Lipinski definition) is 1. The number of nitrogens with one attached hydrogen (secondary N) is 1. The summed E-state index contributed by atoms with van der Waals surface area (Å²) in [4.78, 5) is 0. The molecule has 0 aliphatic carbocycles. The lowest BCUT2D eigenvalue weighted by atomic mass is 9.84. The molecule has 19 heavy (non-hydrogen) atoms. The van der Waals surface area contributed by atoms with E-state index in [2.05, 4.69) is 23.9 Å². The minimum absolute atomic E-state index is 0.126. The van der Waals surface area contributed by atoms with E-state index in [4.69, 9.17) is 0 Å². The molecule has 1 aromatic rings. The Morgan fingerprint density at radius 3 is 2.58 bits per heavy atom. The Bertz CT molecular complexity index is 441. The van der Waals surface area contributed by atoms with E-state index in [1.807, 2.05) is 6.07 Å². The van der Waals surface area contributed by atoms with Crippen molar-refractivity contribution < 1.29 is 17.9 Å². The van der Waals surface area contributed by atoms with E-state index < -0.39 is 6.36 Å². The van der Waals surface area contributed by atoms with Crippen LogP contribution in [0.1, 0.15) is 38.2 Å². The molecule has 1 atom stereocenters. The molecule has 106 valence electrons. The average molecular weight is 273 g/mol. The van der Waals surface area contributed by atoms with Crippen LogP contribution in [0.15, 0.2) is 18.2 Å². The van der Waals surface area contributed by atoms with Crippen LogP contribution in [0.2, 0.25) is 0 Å². The topological polar surface area (TPSA) is 21.3 Å². The molecule has 0 bridgehead atoms. The highest BCUT2D eigenvalue weighted by molar-refractivity contribution is 5.67. The van der Waals surface area contributed by atoms with Crippen molar-refractivity contribution in [3.63, 3.8) is 0 Å². The Labute approximate surface area is 111 Å². The summed E-state index contributed by atoms with van der Waals surface area (Å²) < 4.78 is 41.1. The van der Waals surface area contributed by atoms with E-state index in [9.17, 15) is 13.2 Å². The summed E-state index contributed by atoms with van der Waals surface area (Å²) in [6.45, 7) is 4.91. The first kappa shape index (κ1) is 14.0. The second-order valence-corrected chi connectivity index (χ2v) is 4.83. The Morgan fingerprint density at radius 1 is 1.32 bits per heavy atom. The van der Waals surface area contributed by atoms with E-state index in [-0.39, 0.29) is 11.7 Å². The van der Waals surface area contributed by atoms with E-state index in [0.29, 0.717) is 18.2 Å². The number of fused-ring (bicyclic) bond motifs is 1. The molecule has 2 rings (SSSR count). The molecule has 0 amide bonds. The SMILES string of the molecule is CCC(CC)C1CNc2c(OC(F)(F)F)cccc21. The van der Waals surface area contributed by atoms with Crippen molar-refractivity contribution in [2.24, 2.45) is 5.92 Å². The van der Waals surface area contributed by atoms with Gasteiger partial charge in [0.05, 0.1) is 5.69 Å². The molecule has 0 saturated carbocycles. The van der Waals surface area contributed by atoms with E-state index in [1.54, 1.807) is 6.07 Å². The van der Waals surface area contributed by atoms with Gasteiger partial charge in [0.2, 0.25) is 0 Å². The summed E-state index contributed by atoms with van der Waals surface area (Å²) in [5, 5.41) is 3.07. The van der Waals surface area contributed by atoms with Gasteiger partial charge in [0, 0.05) is 12.5 Å². The minimum Gasteiger partial charge on any atom is -0.404 e. The van der Waals surface area contributed by atoms with Gasteiger partial charge in [-0.1, -0.05) is 38.8 Å². The number of anilines is 1. The Hall–Kier alpha value is -1.39. The predicted octanol–water partition coefficient (Wildman–Crippen LogP) is 4.53. The third-order valence-corrected chi connectivity index (χ3v) is 3.80. The minimum atomic E-state index is -4.65. The summed E-state index contributed by atoms with van der Waals surface area (Å²) >= 11 is 0. The zero-order valence-electron chi connectivity index (χ0n) is 11.1. The first-order chi connectivity index (χ1) is 8.96. The lowest BCUT2D eigenvalue weighted by Gasteiger charge is -2.20. The second-order valence-electron chi connectivity index (χ2n) is 4.83. The van der Waals surface area contributed by atoms with Crippen LogP contribution in [0, 0.1) is 5.92 Å². The van der Waals surface area contributed by atoms with Crippen molar-refractivity contribution in [3.05, 3.63) is 23.8 Å². The zero-order chi connectivity index (χ0) is 14.0. The number of hydrogen-bond acceptors (Lipinski definition) is 2. The molecule has 0 spiro atoms. The molecular weight excluding hydrogens is 255 g/mol. The van der Waals surface area contributed by atoms with Crippen LogP contribution in [-0.2, 0) is 0 Å². The first-order valence-corrected chi connectivity index (χ1v) is 6.58. The van der Waals surface area contributed by atoms with Crippen molar-refractivity contribution >= 4 is 5.69 Å². The summed E-state index contributed by atoms with van der Waals surface area (Å²) in [5.74, 6) is 0.620. The highest BCUT2D eigenvalue weighted by Crippen LogP contribution is 2.44. The van der Waals surface area contributed by atoms with E-state index in [1.165, 1.54) is 6.07 Å².